The number of ether oxygens (including phenoxy) is 1. The molecule has 0 saturated carbocycles. The van der Waals surface area contributed by atoms with E-state index in [1.165, 1.54) is 11.8 Å². The Hall–Kier alpha value is -3.80. The lowest BCUT2D eigenvalue weighted by atomic mass is 10.2. The molecule has 4 nitrogen and oxygen atoms in total. The molecule has 1 aliphatic rings. The highest BCUT2D eigenvalue weighted by molar-refractivity contribution is 8.18. The van der Waals surface area contributed by atoms with Gasteiger partial charge in [0, 0.05) is 5.02 Å². The van der Waals surface area contributed by atoms with Crippen molar-refractivity contribution >= 4 is 40.5 Å². The summed E-state index contributed by atoms with van der Waals surface area (Å²) in [7, 11) is 0. The lowest BCUT2D eigenvalue weighted by Gasteiger charge is -2.15. The van der Waals surface area contributed by atoms with E-state index in [1.807, 2.05) is 115 Å². The minimum atomic E-state index is -0.0501. The van der Waals surface area contributed by atoms with Crippen molar-refractivity contribution in [2.75, 3.05) is 0 Å². The number of rotatable bonds is 8. The number of aliphatic imine (C=N–C) groups is 1. The van der Waals surface area contributed by atoms with E-state index >= 15 is 0 Å². The third-order valence-electron chi connectivity index (χ3n) is 5.76. The molecule has 1 amide bonds. The van der Waals surface area contributed by atoms with E-state index in [4.69, 9.17) is 21.3 Å². The van der Waals surface area contributed by atoms with Crippen molar-refractivity contribution in [1.29, 1.82) is 0 Å². The number of benzene rings is 4. The van der Waals surface area contributed by atoms with Crippen LogP contribution in [0.15, 0.2) is 119 Å². The van der Waals surface area contributed by atoms with Crippen LogP contribution in [0.25, 0.3) is 6.08 Å². The van der Waals surface area contributed by atoms with E-state index in [0.717, 1.165) is 28.0 Å². The van der Waals surface area contributed by atoms with Crippen molar-refractivity contribution in [1.82, 2.24) is 4.90 Å². The van der Waals surface area contributed by atoms with Gasteiger partial charge in [-0.2, -0.15) is 0 Å². The average Bonchev–Trinajstić information content (AvgIpc) is 3.21. The van der Waals surface area contributed by atoms with E-state index in [9.17, 15) is 4.79 Å². The Morgan fingerprint density at radius 3 is 2.27 bits per heavy atom. The third-order valence-corrected chi connectivity index (χ3v) is 7.04. The van der Waals surface area contributed by atoms with Gasteiger partial charge in [-0.3, -0.25) is 14.7 Å². The number of hydrogen-bond acceptors (Lipinski definition) is 4. The quantitative estimate of drug-likeness (QED) is 0.223. The first-order valence-electron chi connectivity index (χ1n) is 11.9. The maximum Gasteiger partial charge on any atom is 0.267 e. The van der Waals surface area contributed by atoms with Gasteiger partial charge in [0.15, 0.2) is 5.17 Å². The molecule has 5 rings (SSSR count). The Morgan fingerprint density at radius 2 is 1.51 bits per heavy atom. The summed E-state index contributed by atoms with van der Waals surface area (Å²) in [6.45, 7) is 1.40. The van der Waals surface area contributed by atoms with E-state index in [-0.39, 0.29) is 5.91 Å². The molecule has 1 fully saturated rings. The van der Waals surface area contributed by atoms with E-state index in [0.29, 0.717) is 34.8 Å². The first-order valence-corrected chi connectivity index (χ1v) is 13.1. The van der Waals surface area contributed by atoms with Gasteiger partial charge in [0.25, 0.3) is 5.91 Å². The molecule has 184 valence electrons. The molecule has 1 heterocycles. The number of amidine groups is 1. The van der Waals surface area contributed by atoms with Gasteiger partial charge in [-0.1, -0.05) is 96.5 Å². The van der Waals surface area contributed by atoms with Crippen LogP contribution in [0.4, 0.5) is 0 Å². The zero-order valence-corrected chi connectivity index (χ0v) is 21.7. The minimum Gasteiger partial charge on any atom is -0.489 e. The molecule has 0 radical (unpaired) electrons. The Labute approximate surface area is 226 Å². The molecule has 4 aromatic carbocycles. The number of nitrogens with zero attached hydrogens (tertiary/aromatic N) is 2. The van der Waals surface area contributed by atoms with Crippen LogP contribution in [-0.2, 0) is 24.5 Å². The van der Waals surface area contributed by atoms with Crippen molar-refractivity contribution in [2.45, 2.75) is 19.7 Å². The van der Waals surface area contributed by atoms with Crippen LogP contribution in [0.3, 0.4) is 0 Å². The zero-order chi connectivity index (χ0) is 25.5. The highest BCUT2D eigenvalue weighted by Gasteiger charge is 2.33. The highest BCUT2D eigenvalue weighted by Crippen LogP contribution is 2.34. The van der Waals surface area contributed by atoms with Crippen LogP contribution in [0.2, 0.25) is 5.02 Å². The van der Waals surface area contributed by atoms with E-state index < -0.39 is 0 Å². The van der Waals surface area contributed by atoms with Crippen molar-refractivity contribution < 1.29 is 9.53 Å². The predicted octanol–water partition coefficient (Wildman–Crippen LogP) is 7.59. The minimum absolute atomic E-state index is 0.0501. The summed E-state index contributed by atoms with van der Waals surface area (Å²) in [4.78, 5) is 20.7. The van der Waals surface area contributed by atoms with Gasteiger partial charge < -0.3 is 4.74 Å². The molecule has 0 aromatic heterocycles. The summed E-state index contributed by atoms with van der Waals surface area (Å²) >= 11 is 7.49. The summed E-state index contributed by atoms with van der Waals surface area (Å²) in [5.41, 5.74) is 4.04. The molecule has 37 heavy (non-hydrogen) atoms. The van der Waals surface area contributed by atoms with Gasteiger partial charge >= 0.3 is 0 Å². The normalized spacial score (nSPS) is 15.5. The second kappa shape index (κ2) is 12.0. The number of carbonyl (C=O) groups excluding carboxylic acids is 1. The monoisotopic (exact) mass is 524 g/mol. The molecule has 0 unspecified atom stereocenters. The molecule has 0 aliphatic carbocycles. The van der Waals surface area contributed by atoms with Gasteiger partial charge in [-0.25, -0.2) is 0 Å². The van der Waals surface area contributed by atoms with Crippen LogP contribution in [-0.4, -0.2) is 16.0 Å². The maximum atomic E-state index is 13.5. The fraction of sp³-hybridized carbons (Fsp3) is 0.0968. The smallest absolute Gasteiger partial charge is 0.267 e. The standard InChI is InChI=1S/C31H25ClN2O2S/c32-27-15-7-14-26(17-27)22-36-28-16-8-13-25(18-28)19-29-30(35)34(21-24-11-5-2-6-12-24)31(37-29)33-20-23-9-3-1-4-10-23/h1-19H,20-22H2/b29-19-,33-31?. The SMILES string of the molecule is O=C1/C(=C/c2cccc(OCc3cccc(Cl)c3)c2)SC(=NCc2ccccc2)N1Cc1ccccc1. The highest BCUT2D eigenvalue weighted by atomic mass is 35.5. The molecular weight excluding hydrogens is 500 g/mol. The van der Waals surface area contributed by atoms with Gasteiger partial charge in [0.2, 0.25) is 0 Å². The molecule has 0 bridgehead atoms. The lowest BCUT2D eigenvalue weighted by Crippen LogP contribution is -2.28. The molecule has 4 aromatic rings. The molecular formula is C31H25ClN2O2S. The number of amides is 1. The Morgan fingerprint density at radius 1 is 0.811 bits per heavy atom. The molecule has 0 atom stereocenters. The van der Waals surface area contributed by atoms with Crippen LogP contribution in [0.1, 0.15) is 22.3 Å². The summed E-state index contributed by atoms with van der Waals surface area (Å²) in [6.07, 6.45) is 1.91. The fourth-order valence-electron chi connectivity index (χ4n) is 3.91. The van der Waals surface area contributed by atoms with Crippen LogP contribution in [0.5, 0.6) is 5.75 Å². The van der Waals surface area contributed by atoms with Gasteiger partial charge in [-0.15, -0.1) is 0 Å². The molecule has 1 saturated heterocycles. The summed E-state index contributed by atoms with van der Waals surface area (Å²) in [5.74, 6) is 0.676. The molecule has 1 aliphatic heterocycles. The summed E-state index contributed by atoms with van der Waals surface area (Å²) < 4.78 is 5.97. The Balaban J connectivity index is 1.36. The van der Waals surface area contributed by atoms with Gasteiger partial charge in [0.1, 0.15) is 12.4 Å². The maximum absolute atomic E-state index is 13.5. The lowest BCUT2D eigenvalue weighted by molar-refractivity contribution is -0.122. The van der Waals surface area contributed by atoms with Gasteiger partial charge in [0.05, 0.1) is 18.0 Å². The second-order valence-electron chi connectivity index (χ2n) is 8.56. The Bertz CT molecular complexity index is 1440. The molecule has 0 spiro atoms. The molecule has 6 heteroatoms. The second-order valence-corrected chi connectivity index (χ2v) is 10.0. The Kier molecular flexibility index (Phi) is 8.04. The largest absolute Gasteiger partial charge is 0.489 e. The van der Waals surface area contributed by atoms with Crippen molar-refractivity contribution in [3.63, 3.8) is 0 Å². The number of halogens is 1. The fourth-order valence-corrected chi connectivity index (χ4v) is 5.10. The van der Waals surface area contributed by atoms with Crippen LogP contribution in [0, 0.1) is 0 Å². The van der Waals surface area contributed by atoms with Gasteiger partial charge in [-0.05, 0) is 64.4 Å². The predicted molar refractivity (Wildman–Crippen MR) is 152 cm³/mol. The van der Waals surface area contributed by atoms with E-state index in [2.05, 4.69) is 0 Å². The average molecular weight is 525 g/mol. The summed E-state index contributed by atoms with van der Waals surface area (Å²) in [6, 6.07) is 35.4. The third kappa shape index (κ3) is 6.70. The number of hydrogen-bond donors (Lipinski definition) is 0. The zero-order valence-electron chi connectivity index (χ0n) is 20.1. The van der Waals surface area contributed by atoms with E-state index in [1.54, 1.807) is 4.90 Å². The van der Waals surface area contributed by atoms with Crippen LogP contribution < -0.4 is 4.74 Å². The first-order chi connectivity index (χ1) is 18.1. The van der Waals surface area contributed by atoms with Crippen molar-refractivity contribution in [3.8, 4) is 5.75 Å². The van der Waals surface area contributed by atoms with Crippen molar-refractivity contribution in [2.24, 2.45) is 4.99 Å². The number of carbonyl (C=O) groups is 1. The van der Waals surface area contributed by atoms with Crippen LogP contribution >= 0.6 is 23.4 Å². The summed E-state index contributed by atoms with van der Waals surface area (Å²) in [5, 5.41) is 1.39. The first kappa shape index (κ1) is 24.9. The van der Waals surface area contributed by atoms with Crippen molar-refractivity contribution in [3.05, 3.63) is 141 Å². The topological polar surface area (TPSA) is 41.9 Å². The number of thioether (sulfide) groups is 1. The molecule has 0 N–H and O–H groups in total.